The zero-order valence-electron chi connectivity index (χ0n) is 10.9. The highest BCUT2D eigenvalue weighted by Gasteiger charge is 2.14. The third kappa shape index (κ3) is 3.29. The molecular weight excluding hydrogens is 298 g/mol. The fourth-order valence-corrected chi connectivity index (χ4v) is 1.88. The second kappa shape index (κ2) is 6.23. The minimum absolute atomic E-state index is 0.133. The van der Waals surface area contributed by atoms with Gasteiger partial charge in [0, 0.05) is 11.6 Å². The second-order valence-electron chi connectivity index (χ2n) is 4.00. The summed E-state index contributed by atoms with van der Waals surface area (Å²) in [6.45, 7) is 0. The molecule has 2 aromatic rings. The zero-order valence-corrected chi connectivity index (χ0v) is 11.7. The molecule has 0 aromatic heterocycles. The van der Waals surface area contributed by atoms with Crippen molar-refractivity contribution >= 4 is 23.6 Å². The molecule has 0 saturated heterocycles. The molecule has 0 aliphatic rings. The van der Waals surface area contributed by atoms with E-state index in [0.717, 1.165) is 0 Å². The average molecular weight is 308 g/mol. The van der Waals surface area contributed by atoms with E-state index in [1.54, 1.807) is 0 Å². The van der Waals surface area contributed by atoms with Gasteiger partial charge < -0.3 is 9.47 Å². The van der Waals surface area contributed by atoms with Crippen molar-refractivity contribution in [2.75, 3.05) is 7.11 Å². The first-order chi connectivity index (χ1) is 10.0. The number of hydrogen-bond donors (Lipinski definition) is 0. The number of nitro benzene ring substituents is 1. The van der Waals surface area contributed by atoms with E-state index in [1.807, 2.05) is 0 Å². The zero-order chi connectivity index (χ0) is 15.4. The van der Waals surface area contributed by atoms with Gasteiger partial charge in [-0.1, -0.05) is 11.6 Å². The van der Waals surface area contributed by atoms with Gasteiger partial charge in [0.1, 0.15) is 12.0 Å². The summed E-state index contributed by atoms with van der Waals surface area (Å²) in [5.41, 5.74) is 0.268. The molecule has 0 spiro atoms. The molecule has 108 valence electrons. The third-order valence-electron chi connectivity index (χ3n) is 2.67. The van der Waals surface area contributed by atoms with Gasteiger partial charge in [-0.3, -0.25) is 14.9 Å². The Morgan fingerprint density at radius 1 is 1.14 bits per heavy atom. The standard InChI is InChI=1S/C14H10ClNO5/c1-20-13-5-3-10(16(18)19)7-14(13)21-12-4-2-9(8-17)6-11(12)15/h2-8H,1H3. The van der Waals surface area contributed by atoms with Crippen LogP contribution in [0.5, 0.6) is 17.2 Å². The molecule has 0 amide bonds. The molecular formula is C14H10ClNO5. The maximum Gasteiger partial charge on any atom is 0.273 e. The molecule has 0 bridgehead atoms. The van der Waals surface area contributed by atoms with Crippen molar-refractivity contribution in [2.45, 2.75) is 0 Å². The Morgan fingerprint density at radius 2 is 1.86 bits per heavy atom. The Morgan fingerprint density at radius 3 is 2.43 bits per heavy atom. The second-order valence-corrected chi connectivity index (χ2v) is 4.41. The van der Waals surface area contributed by atoms with Gasteiger partial charge in [0.2, 0.25) is 0 Å². The molecule has 0 N–H and O–H groups in total. The largest absolute Gasteiger partial charge is 0.493 e. The third-order valence-corrected chi connectivity index (χ3v) is 2.97. The first-order valence-corrected chi connectivity index (χ1v) is 6.18. The number of nitro groups is 1. The summed E-state index contributed by atoms with van der Waals surface area (Å²) >= 11 is 6.00. The topological polar surface area (TPSA) is 78.7 Å². The van der Waals surface area contributed by atoms with Gasteiger partial charge in [-0.25, -0.2) is 0 Å². The Hall–Kier alpha value is -2.60. The highest BCUT2D eigenvalue weighted by molar-refractivity contribution is 6.32. The molecule has 0 aliphatic carbocycles. The molecule has 0 radical (unpaired) electrons. The van der Waals surface area contributed by atoms with E-state index in [1.165, 1.54) is 43.5 Å². The van der Waals surface area contributed by atoms with Crippen LogP contribution < -0.4 is 9.47 Å². The minimum atomic E-state index is -0.538. The smallest absolute Gasteiger partial charge is 0.273 e. The number of non-ortho nitro benzene ring substituents is 1. The summed E-state index contributed by atoms with van der Waals surface area (Å²) in [5.74, 6) is 0.754. The van der Waals surface area contributed by atoms with Crippen molar-refractivity contribution in [3.63, 3.8) is 0 Å². The maximum atomic E-state index is 10.8. The fourth-order valence-electron chi connectivity index (χ4n) is 1.65. The van der Waals surface area contributed by atoms with Gasteiger partial charge in [0.05, 0.1) is 23.1 Å². The number of rotatable bonds is 5. The van der Waals surface area contributed by atoms with Crippen LogP contribution in [0.25, 0.3) is 0 Å². The van der Waals surface area contributed by atoms with Crippen LogP contribution in [0.2, 0.25) is 5.02 Å². The molecule has 0 heterocycles. The van der Waals surface area contributed by atoms with Gasteiger partial charge >= 0.3 is 0 Å². The van der Waals surface area contributed by atoms with Crippen molar-refractivity contribution in [3.05, 3.63) is 57.1 Å². The lowest BCUT2D eigenvalue weighted by atomic mass is 10.2. The van der Waals surface area contributed by atoms with E-state index in [2.05, 4.69) is 0 Å². The SMILES string of the molecule is COc1ccc([N+](=O)[O-])cc1Oc1ccc(C=O)cc1Cl. The Labute approximate surface area is 125 Å². The molecule has 2 aromatic carbocycles. The van der Waals surface area contributed by atoms with Crippen LogP contribution in [0.4, 0.5) is 5.69 Å². The predicted octanol–water partition coefficient (Wildman–Crippen LogP) is 3.86. The quantitative estimate of drug-likeness (QED) is 0.476. The maximum absolute atomic E-state index is 10.8. The van der Waals surface area contributed by atoms with Gasteiger partial charge in [-0.2, -0.15) is 0 Å². The summed E-state index contributed by atoms with van der Waals surface area (Å²) < 4.78 is 10.6. The molecule has 0 unspecified atom stereocenters. The molecule has 7 heteroatoms. The number of benzene rings is 2. The number of halogens is 1. The minimum Gasteiger partial charge on any atom is -0.493 e. The number of methoxy groups -OCH3 is 1. The first-order valence-electron chi connectivity index (χ1n) is 5.80. The van der Waals surface area contributed by atoms with Crippen LogP contribution in [0.15, 0.2) is 36.4 Å². The van der Waals surface area contributed by atoms with Crippen LogP contribution in [-0.4, -0.2) is 18.3 Å². The van der Waals surface area contributed by atoms with Gasteiger partial charge in [0.25, 0.3) is 5.69 Å². The molecule has 0 saturated carbocycles. The Balaban J connectivity index is 2.40. The van der Waals surface area contributed by atoms with E-state index in [9.17, 15) is 14.9 Å². The number of aldehydes is 1. The van der Waals surface area contributed by atoms with E-state index >= 15 is 0 Å². The van der Waals surface area contributed by atoms with Crippen LogP contribution >= 0.6 is 11.6 Å². The van der Waals surface area contributed by atoms with Gasteiger partial charge in [-0.15, -0.1) is 0 Å². The lowest BCUT2D eigenvalue weighted by Crippen LogP contribution is -1.94. The lowest BCUT2D eigenvalue weighted by molar-refractivity contribution is -0.384. The van der Waals surface area contributed by atoms with E-state index in [4.69, 9.17) is 21.1 Å². The summed E-state index contributed by atoms with van der Waals surface area (Å²) in [5, 5.41) is 11.0. The Kier molecular flexibility index (Phi) is 4.39. The summed E-state index contributed by atoms with van der Waals surface area (Å²) in [6.07, 6.45) is 0.656. The van der Waals surface area contributed by atoms with E-state index in [-0.39, 0.29) is 22.2 Å². The summed E-state index contributed by atoms with van der Waals surface area (Å²) in [4.78, 5) is 20.9. The Bertz CT molecular complexity index is 702. The monoisotopic (exact) mass is 307 g/mol. The number of ether oxygens (including phenoxy) is 2. The molecule has 6 nitrogen and oxygen atoms in total. The van der Waals surface area contributed by atoms with Crippen LogP contribution in [-0.2, 0) is 0 Å². The van der Waals surface area contributed by atoms with Crippen molar-refractivity contribution in [2.24, 2.45) is 0 Å². The van der Waals surface area contributed by atoms with E-state index < -0.39 is 4.92 Å². The van der Waals surface area contributed by atoms with Crippen LogP contribution in [0.1, 0.15) is 10.4 Å². The summed E-state index contributed by atoms with van der Waals surface area (Å²) in [7, 11) is 1.42. The number of carbonyl (C=O) groups is 1. The molecule has 0 fully saturated rings. The number of hydrogen-bond acceptors (Lipinski definition) is 5. The molecule has 21 heavy (non-hydrogen) atoms. The van der Waals surface area contributed by atoms with Crippen LogP contribution in [0, 0.1) is 10.1 Å². The highest BCUT2D eigenvalue weighted by atomic mass is 35.5. The van der Waals surface area contributed by atoms with E-state index in [0.29, 0.717) is 17.6 Å². The number of carbonyl (C=O) groups excluding carboxylic acids is 1. The highest BCUT2D eigenvalue weighted by Crippen LogP contribution is 2.37. The summed E-state index contributed by atoms with van der Waals surface area (Å²) in [6, 6.07) is 8.45. The van der Waals surface area contributed by atoms with Gasteiger partial charge in [-0.05, 0) is 24.3 Å². The molecule has 0 atom stereocenters. The number of nitrogens with zero attached hydrogens (tertiary/aromatic N) is 1. The van der Waals surface area contributed by atoms with Crippen molar-refractivity contribution < 1.29 is 19.2 Å². The first kappa shape index (κ1) is 14.8. The van der Waals surface area contributed by atoms with Crippen molar-refractivity contribution in [1.82, 2.24) is 0 Å². The lowest BCUT2D eigenvalue weighted by Gasteiger charge is -2.11. The van der Waals surface area contributed by atoms with Crippen LogP contribution in [0.3, 0.4) is 0 Å². The molecule has 0 aliphatic heterocycles. The predicted molar refractivity (Wildman–Crippen MR) is 76.6 cm³/mol. The van der Waals surface area contributed by atoms with Crippen molar-refractivity contribution in [3.8, 4) is 17.2 Å². The molecule has 2 rings (SSSR count). The van der Waals surface area contributed by atoms with Crippen molar-refractivity contribution in [1.29, 1.82) is 0 Å². The normalized spacial score (nSPS) is 10.0. The average Bonchev–Trinajstić information content (AvgIpc) is 2.49. The fraction of sp³-hybridized carbons (Fsp3) is 0.0714. The van der Waals surface area contributed by atoms with Gasteiger partial charge in [0.15, 0.2) is 11.5 Å².